The monoisotopic (exact) mass is 267 g/mol. The minimum absolute atomic E-state index is 0.493. The fourth-order valence-corrected chi connectivity index (χ4v) is 1.55. The highest BCUT2D eigenvalue weighted by Gasteiger charge is 2.31. The molecule has 2 aromatic heterocycles. The lowest BCUT2D eigenvalue weighted by Gasteiger charge is -2.09. The van der Waals surface area contributed by atoms with Crippen LogP contribution in [0.1, 0.15) is 16.8 Å². The Bertz CT molecular complexity index is 550. The van der Waals surface area contributed by atoms with E-state index in [1.54, 1.807) is 12.4 Å². The summed E-state index contributed by atoms with van der Waals surface area (Å²) < 4.78 is 37.0. The van der Waals surface area contributed by atoms with E-state index in [0.29, 0.717) is 12.2 Å². The third kappa shape index (κ3) is 3.43. The Morgan fingerprint density at radius 1 is 1.16 bits per heavy atom. The van der Waals surface area contributed by atoms with Gasteiger partial charge in [-0.2, -0.15) is 13.2 Å². The van der Waals surface area contributed by atoms with Crippen LogP contribution < -0.4 is 5.32 Å². The van der Waals surface area contributed by atoms with E-state index in [9.17, 15) is 13.2 Å². The van der Waals surface area contributed by atoms with Gasteiger partial charge in [-0.05, 0) is 36.2 Å². The van der Waals surface area contributed by atoms with Crippen LogP contribution in [-0.2, 0) is 12.7 Å². The lowest BCUT2D eigenvalue weighted by molar-refractivity contribution is -0.141. The van der Waals surface area contributed by atoms with Crippen LogP contribution in [0.4, 0.5) is 18.9 Å². The summed E-state index contributed by atoms with van der Waals surface area (Å²) in [5.74, 6) is 0. The van der Waals surface area contributed by atoms with Gasteiger partial charge in [-0.25, -0.2) is 4.98 Å². The summed E-state index contributed by atoms with van der Waals surface area (Å²) >= 11 is 0. The van der Waals surface area contributed by atoms with Gasteiger partial charge in [-0.3, -0.25) is 4.98 Å². The molecule has 0 aromatic carbocycles. The SMILES string of the molecule is Cc1ccncc1CNc1ccc(C(F)(F)F)nc1. The molecule has 0 saturated heterocycles. The van der Waals surface area contributed by atoms with E-state index >= 15 is 0 Å². The summed E-state index contributed by atoms with van der Waals surface area (Å²) in [5.41, 5.74) is 1.71. The fraction of sp³-hybridized carbons (Fsp3) is 0.231. The molecule has 0 amide bonds. The number of rotatable bonds is 3. The van der Waals surface area contributed by atoms with Crippen LogP contribution in [0.25, 0.3) is 0 Å². The summed E-state index contributed by atoms with van der Waals surface area (Å²) in [5, 5.41) is 3.01. The topological polar surface area (TPSA) is 37.8 Å². The van der Waals surface area contributed by atoms with E-state index in [2.05, 4.69) is 15.3 Å². The molecule has 0 atom stereocenters. The van der Waals surface area contributed by atoms with E-state index in [0.717, 1.165) is 17.2 Å². The average Bonchev–Trinajstić information content (AvgIpc) is 2.37. The van der Waals surface area contributed by atoms with Gasteiger partial charge in [0.2, 0.25) is 0 Å². The van der Waals surface area contributed by atoms with E-state index in [1.807, 2.05) is 13.0 Å². The first-order valence-corrected chi connectivity index (χ1v) is 5.63. The van der Waals surface area contributed by atoms with Crippen molar-refractivity contribution in [2.75, 3.05) is 5.32 Å². The number of hydrogen-bond acceptors (Lipinski definition) is 3. The van der Waals surface area contributed by atoms with Crippen LogP contribution in [0.15, 0.2) is 36.8 Å². The first-order valence-electron chi connectivity index (χ1n) is 5.63. The smallest absolute Gasteiger partial charge is 0.380 e. The summed E-state index contributed by atoms with van der Waals surface area (Å²) in [6.45, 7) is 2.44. The summed E-state index contributed by atoms with van der Waals surface area (Å²) in [6, 6.07) is 4.20. The van der Waals surface area contributed by atoms with Gasteiger partial charge in [-0.15, -0.1) is 0 Å². The van der Waals surface area contributed by atoms with Gasteiger partial charge in [0.1, 0.15) is 5.69 Å². The van der Waals surface area contributed by atoms with Gasteiger partial charge in [-0.1, -0.05) is 0 Å². The third-order valence-corrected chi connectivity index (χ3v) is 2.68. The van der Waals surface area contributed by atoms with Crippen molar-refractivity contribution >= 4 is 5.69 Å². The molecule has 1 N–H and O–H groups in total. The van der Waals surface area contributed by atoms with Crippen LogP contribution in [0.2, 0.25) is 0 Å². The Balaban J connectivity index is 2.03. The molecular formula is C13H12F3N3. The molecule has 3 nitrogen and oxygen atoms in total. The summed E-state index contributed by atoms with van der Waals surface area (Å²) in [4.78, 5) is 7.38. The molecule has 19 heavy (non-hydrogen) atoms. The maximum atomic E-state index is 12.3. The molecule has 0 aliphatic rings. The van der Waals surface area contributed by atoms with Gasteiger partial charge >= 0.3 is 6.18 Å². The van der Waals surface area contributed by atoms with Crippen molar-refractivity contribution in [2.45, 2.75) is 19.6 Å². The largest absolute Gasteiger partial charge is 0.433 e. The second kappa shape index (κ2) is 5.26. The number of halogens is 3. The molecule has 2 rings (SSSR count). The van der Waals surface area contributed by atoms with Crippen molar-refractivity contribution in [2.24, 2.45) is 0 Å². The maximum absolute atomic E-state index is 12.3. The zero-order valence-corrected chi connectivity index (χ0v) is 10.2. The lowest BCUT2D eigenvalue weighted by Crippen LogP contribution is -2.08. The van der Waals surface area contributed by atoms with Crippen LogP contribution in [0.5, 0.6) is 0 Å². The van der Waals surface area contributed by atoms with Gasteiger partial charge in [0, 0.05) is 18.9 Å². The fourth-order valence-electron chi connectivity index (χ4n) is 1.55. The Hall–Kier alpha value is -2.11. The van der Waals surface area contributed by atoms with Crippen LogP contribution >= 0.6 is 0 Å². The Morgan fingerprint density at radius 3 is 2.53 bits per heavy atom. The molecule has 2 aromatic rings. The summed E-state index contributed by atoms with van der Waals surface area (Å²) in [6.07, 6.45) is 0.186. The van der Waals surface area contributed by atoms with E-state index in [4.69, 9.17) is 0 Å². The molecule has 0 radical (unpaired) electrons. The number of nitrogens with one attached hydrogen (secondary N) is 1. The normalized spacial score (nSPS) is 11.4. The number of aryl methyl sites for hydroxylation is 1. The zero-order chi connectivity index (χ0) is 13.9. The van der Waals surface area contributed by atoms with Crippen LogP contribution in [-0.4, -0.2) is 9.97 Å². The molecule has 0 saturated carbocycles. The predicted molar refractivity (Wildman–Crippen MR) is 65.5 cm³/mol. The molecule has 0 unspecified atom stereocenters. The first-order chi connectivity index (χ1) is 8.97. The van der Waals surface area contributed by atoms with Gasteiger partial charge in [0.05, 0.1) is 11.9 Å². The van der Waals surface area contributed by atoms with Crippen LogP contribution in [0, 0.1) is 6.92 Å². The van der Waals surface area contributed by atoms with Gasteiger partial charge in [0.25, 0.3) is 0 Å². The number of aromatic nitrogens is 2. The van der Waals surface area contributed by atoms with Crippen molar-refractivity contribution in [3.8, 4) is 0 Å². The van der Waals surface area contributed by atoms with Gasteiger partial charge < -0.3 is 5.32 Å². The number of nitrogens with zero attached hydrogens (tertiary/aromatic N) is 2. The lowest BCUT2D eigenvalue weighted by atomic mass is 10.1. The maximum Gasteiger partial charge on any atom is 0.433 e. The molecule has 0 bridgehead atoms. The molecule has 2 heterocycles. The second-order valence-corrected chi connectivity index (χ2v) is 4.09. The first kappa shape index (κ1) is 13.3. The van der Waals surface area contributed by atoms with Crippen molar-refractivity contribution in [1.29, 1.82) is 0 Å². The molecular weight excluding hydrogens is 255 g/mol. The van der Waals surface area contributed by atoms with E-state index in [1.165, 1.54) is 12.3 Å². The van der Waals surface area contributed by atoms with Gasteiger partial charge in [0.15, 0.2) is 0 Å². The number of hydrogen-bond donors (Lipinski definition) is 1. The Kier molecular flexibility index (Phi) is 3.69. The zero-order valence-electron chi connectivity index (χ0n) is 10.2. The second-order valence-electron chi connectivity index (χ2n) is 4.09. The molecule has 6 heteroatoms. The quantitative estimate of drug-likeness (QED) is 0.926. The molecule has 0 aliphatic heterocycles. The van der Waals surface area contributed by atoms with Crippen molar-refractivity contribution < 1.29 is 13.2 Å². The van der Waals surface area contributed by atoms with Crippen molar-refractivity contribution in [3.05, 3.63) is 53.6 Å². The Labute approximate surface area is 108 Å². The average molecular weight is 267 g/mol. The highest BCUT2D eigenvalue weighted by molar-refractivity contribution is 5.42. The highest BCUT2D eigenvalue weighted by Crippen LogP contribution is 2.27. The molecule has 0 aliphatic carbocycles. The number of pyridine rings is 2. The molecule has 100 valence electrons. The van der Waals surface area contributed by atoms with E-state index < -0.39 is 11.9 Å². The third-order valence-electron chi connectivity index (χ3n) is 2.68. The minimum atomic E-state index is -4.40. The molecule has 0 spiro atoms. The molecule has 0 fully saturated rings. The Morgan fingerprint density at radius 2 is 1.95 bits per heavy atom. The van der Waals surface area contributed by atoms with Crippen molar-refractivity contribution in [1.82, 2.24) is 9.97 Å². The standard InChI is InChI=1S/C13H12F3N3/c1-9-4-5-17-6-10(9)7-18-11-2-3-12(19-8-11)13(14,15)16/h2-6,8,18H,7H2,1H3. The summed E-state index contributed by atoms with van der Waals surface area (Å²) in [7, 11) is 0. The number of alkyl halides is 3. The highest BCUT2D eigenvalue weighted by atomic mass is 19.4. The number of anilines is 1. The van der Waals surface area contributed by atoms with Crippen LogP contribution in [0.3, 0.4) is 0 Å². The minimum Gasteiger partial charge on any atom is -0.380 e. The van der Waals surface area contributed by atoms with E-state index in [-0.39, 0.29) is 0 Å². The van der Waals surface area contributed by atoms with Crippen molar-refractivity contribution in [3.63, 3.8) is 0 Å². The predicted octanol–water partition coefficient (Wildman–Crippen LogP) is 3.42.